The van der Waals surface area contributed by atoms with Crippen LogP contribution in [0.3, 0.4) is 0 Å². The molecule has 0 amide bonds. The van der Waals surface area contributed by atoms with E-state index in [9.17, 15) is 9.59 Å². The monoisotopic (exact) mass is 461 g/mol. The van der Waals surface area contributed by atoms with Crippen LogP contribution in [0.1, 0.15) is 21.6 Å². The lowest BCUT2D eigenvalue weighted by Gasteiger charge is -2.08. The van der Waals surface area contributed by atoms with Gasteiger partial charge in [-0.1, -0.05) is 30.3 Å². The number of hydrogen-bond donors (Lipinski definition) is 1. The quantitative estimate of drug-likeness (QED) is 0.347. The van der Waals surface area contributed by atoms with Gasteiger partial charge in [-0.3, -0.25) is 14.8 Å². The van der Waals surface area contributed by atoms with Crippen LogP contribution in [0.25, 0.3) is 32.8 Å². The second kappa shape index (κ2) is 9.35. The van der Waals surface area contributed by atoms with Gasteiger partial charge in [0, 0.05) is 34.4 Å². The summed E-state index contributed by atoms with van der Waals surface area (Å²) in [7, 11) is 1.35. The lowest BCUT2D eigenvalue weighted by atomic mass is 10.0. The van der Waals surface area contributed by atoms with Crippen molar-refractivity contribution < 1.29 is 9.53 Å². The molecule has 2 heterocycles. The van der Waals surface area contributed by atoms with E-state index in [-0.39, 0.29) is 5.43 Å². The van der Waals surface area contributed by atoms with Crippen LogP contribution in [-0.4, -0.2) is 23.0 Å². The zero-order valence-electron chi connectivity index (χ0n) is 19.4. The maximum absolute atomic E-state index is 13.6. The molecule has 0 saturated heterocycles. The van der Waals surface area contributed by atoms with Crippen LogP contribution in [0.5, 0.6) is 0 Å². The van der Waals surface area contributed by atoms with E-state index in [1.807, 2.05) is 67.6 Å². The van der Waals surface area contributed by atoms with Gasteiger partial charge >= 0.3 is 5.97 Å². The molecule has 0 unspecified atom stereocenters. The van der Waals surface area contributed by atoms with Gasteiger partial charge < -0.3 is 10.1 Å². The number of pyridine rings is 2. The molecule has 5 rings (SSSR count). The van der Waals surface area contributed by atoms with Crippen LogP contribution in [0.15, 0.2) is 90.0 Å². The van der Waals surface area contributed by atoms with Crippen LogP contribution >= 0.6 is 0 Å². The number of fused-ring (bicyclic) bond motifs is 2. The number of esters is 1. The van der Waals surface area contributed by atoms with Crippen molar-refractivity contribution in [1.29, 1.82) is 0 Å². The Kier molecular flexibility index (Phi) is 5.94. The number of hydrogen-bond acceptors (Lipinski definition) is 6. The van der Waals surface area contributed by atoms with E-state index in [1.165, 1.54) is 7.11 Å². The minimum atomic E-state index is -0.392. The van der Waals surface area contributed by atoms with Crippen molar-refractivity contribution in [3.05, 3.63) is 112 Å². The van der Waals surface area contributed by atoms with Crippen molar-refractivity contribution in [1.82, 2.24) is 9.97 Å². The Balaban J connectivity index is 1.54. The Morgan fingerprint density at radius 2 is 1.71 bits per heavy atom. The zero-order chi connectivity index (χ0) is 24.4. The highest BCUT2D eigenvalue weighted by molar-refractivity contribution is 5.95. The average Bonchev–Trinajstić information content (AvgIpc) is 3.04. The Labute approximate surface area is 202 Å². The summed E-state index contributed by atoms with van der Waals surface area (Å²) in [5, 5.41) is 5.37. The minimum absolute atomic E-state index is 0.0850. The fraction of sp³-hybridized carbons (Fsp3) is 0.103. The summed E-state index contributed by atoms with van der Waals surface area (Å²) in [6.45, 7) is 2.60. The molecule has 6 heteroatoms. The zero-order valence-corrected chi connectivity index (χ0v) is 19.4. The number of rotatable bonds is 5. The van der Waals surface area contributed by atoms with E-state index in [4.69, 9.17) is 4.74 Å². The molecule has 35 heavy (non-hydrogen) atoms. The lowest BCUT2D eigenvalue weighted by molar-refractivity contribution is 0.0600. The van der Waals surface area contributed by atoms with Gasteiger partial charge in [-0.25, -0.2) is 4.79 Å². The predicted octanol–water partition coefficient (Wildman–Crippen LogP) is 5.52. The topological polar surface area (TPSA) is 81.2 Å². The summed E-state index contributed by atoms with van der Waals surface area (Å²) >= 11 is 0. The number of carbonyl (C=O) groups is 1. The summed E-state index contributed by atoms with van der Waals surface area (Å²) < 4.78 is 4.76. The highest BCUT2D eigenvalue weighted by Crippen LogP contribution is 2.24. The fourth-order valence-electron chi connectivity index (χ4n) is 4.08. The Morgan fingerprint density at radius 3 is 2.49 bits per heavy atom. The Bertz CT molecular complexity index is 1630. The third kappa shape index (κ3) is 4.46. The first-order valence-electron chi connectivity index (χ1n) is 11.2. The second-order valence-electron chi connectivity index (χ2n) is 8.31. The number of methoxy groups -OCH3 is 1. The first-order chi connectivity index (χ1) is 17.0. The smallest absolute Gasteiger partial charge is 0.337 e. The third-order valence-electron chi connectivity index (χ3n) is 6.10. The van der Waals surface area contributed by atoms with E-state index >= 15 is 0 Å². The van der Waals surface area contributed by atoms with Crippen molar-refractivity contribution in [2.75, 3.05) is 12.4 Å². The normalized spacial score (nSPS) is 10.9. The van der Waals surface area contributed by atoms with Gasteiger partial charge in [-0.15, -0.1) is 0 Å². The molecule has 6 nitrogen and oxygen atoms in total. The van der Waals surface area contributed by atoms with Gasteiger partial charge in [0.05, 0.1) is 30.4 Å². The number of nitrogens with one attached hydrogen (secondary N) is 1. The summed E-state index contributed by atoms with van der Waals surface area (Å²) in [4.78, 5) is 34.3. The summed E-state index contributed by atoms with van der Waals surface area (Å²) in [6.07, 6.45) is 3.52. The highest BCUT2D eigenvalue weighted by Gasteiger charge is 2.09. The number of anilines is 1. The number of aryl methyl sites for hydroxylation is 1. The molecule has 3 aromatic carbocycles. The third-order valence-corrected chi connectivity index (χ3v) is 6.10. The summed E-state index contributed by atoms with van der Waals surface area (Å²) in [5.41, 5.74) is 5.58. The summed E-state index contributed by atoms with van der Waals surface area (Å²) in [6, 6.07) is 22.4. The number of aromatic nitrogens is 2. The molecule has 2 aromatic heterocycles. The van der Waals surface area contributed by atoms with Crippen molar-refractivity contribution in [2.24, 2.45) is 0 Å². The van der Waals surface area contributed by atoms with Gasteiger partial charge in [0.2, 0.25) is 0 Å². The van der Waals surface area contributed by atoms with Gasteiger partial charge in [0.25, 0.3) is 0 Å². The number of nitrogens with zero attached hydrogens (tertiary/aromatic N) is 2. The van der Waals surface area contributed by atoms with E-state index in [0.717, 1.165) is 33.5 Å². The predicted molar refractivity (Wildman–Crippen MR) is 139 cm³/mol. The SMILES string of the molecule is COC(=O)c1ccc(-c2cnc3ccc4ccc(NCc5ncccc5C)cc4c(=O)c3c2)cc1. The van der Waals surface area contributed by atoms with Gasteiger partial charge in [0.1, 0.15) is 0 Å². The first-order valence-corrected chi connectivity index (χ1v) is 11.2. The van der Waals surface area contributed by atoms with Gasteiger partial charge in [0.15, 0.2) is 5.43 Å². The first kappa shape index (κ1) is 22.2. The van der Waals surface area contributed by atoms with Crippen molar-refractivity contribution >= 4 is 33.3 Å². The lowest BCUT2D eigenvalue weighted by Crippen LogP contribution is -2.05. The Morgan fingerprint density at radius 1 is 0.914 bits per heavy atom. The molecule has 5 aromatic rings. The van der Waals surface area contributed by atoms with E-state index in [2.05, 4.69) is 15.3 Å². The molecule has 0 saturated carbocycles. The molecule has 1 N–H and O–H groups in total. The molecule has 0 fully saturated rings. The highest BCUT2D eigenvalue weighted by atomic mass is 16.5. The van der Waals surface area contributed by atoms with Crippen LogP contribution in [0.2, 0.25) is 0 Å². The molecule has 0 bridgehead atoms. The molecule has 0 atom stereocenters. The minimum Gasteiger partial charge on any atom is -0.465 e. The van der Waals surface area contributed by atoms with Crippen molar-refractivity contribution in [2.45, 2.75) is 13.5 Å². The molecular formula is C29H23N3O3. The van der Waals surface area contributed by atoms with Crippen LogP contribution in [0, 0.1) is 6.92 Å². The van der Waals surface area contributed by atoms with E-state index in [0.29, 0.717) is 28.4 Å². The molecule has 0 aliphatic rings. The van der Waals surface area contributed by atoms with Crippen LogP contribution in [0.4, 0.5) is 5.69 Å². The molecule has 0 radical (unpaired) electrons. The molecule has 0 spiro atoms. The van der Waals surface area contributed by atoms with Crippen molar-refractivity contribution in [3.63, 3.8) is 0 Å². The fourth-order valence-corrected chi connectivity index (χ4v) is 4.08. The number of carbonyl (C=O) groups excluding carboxylic acids is 1. The number of benzene rings is 2. The molecular weight excluding hydrogens is 438 g/mol. The van der Waals surface area contributed by atoms with Crippen LogP contribution in [-0.2, 0) is 11.3 Å². The van der Waals surface area contributed by atoms with Gasteiger partial charge in [-0.2, -0.15) is 0 Å². The maximum Gasteiger partial charge on any atom is 0.337 e. The van der Waals surface area contributed by atoms with E-state index < -0.39 is 5.97 Å². The molecule has 0 aliphatic carbocycles. The average molecular weight is 462 g/mol. The molecule has 0 aliphatic heterocycles. The number of ether oxygens (including phenoxy) is 1. The largest absolute Gasteiger partial charge is 0.465 e. The maximum atomic E-state index is 13.6. The Hall–Kier alpha value is -4.58. The van der Waals surface area contributed by atoms with Crippen LogP contribution < -0.4 is 10.7 Å². The van der Waals surface area contributed by atoms with E-state index in [1.54, 1.807) is 24.5 Å². The molecule has 172 valence electrons. The second-order valence-corrected chi connectivity index (χ2v) is 8.31. The van der Waals surface area contributed by atoms with Gasteiger partial charge in [-0.05, 0) is 65.9 Å². The van der Waals surface area contributed by atoms with Crippen molar-refractivity contribution in [3.8, 4) is 11.1 Å². The summed E-state index contributed by atoms with van der Waals surface area (Å²) in [5.74, 6) is -0.392. The standard InChI is InChI=1S/C29H23N3O3/c1-18-4-3-13-30-27(18)17-31-23-11-9-20-10-12-26-25(28(33)24(20)15-23)14-22(16-32-26)19-5-7-21(8-6-19)29(34)35-2/h3-16,31H,17H2,1-2H3.